The lowest BCUT2D eigenvalue weighted by molar-refractivity contribution is -0.123. The van der Waals surface area contributed by atoms with E-state index >= 15 is 0 Å². The second-order valence-electron chi connectivity index (χ2n) is 6.02. The molecule has 2 unspecified atom stereocenters. The number of amides is 2. The van der Waals surface area contributed by atoms with Gasteiger partial charge in [-0.2, -0.15) is 0 Å². The van der Waals surface area contributed by atoms with Crippen molar-refractivity contribution in [3.05, 3.63) is 28.8 Å². The molecule has 1 aliphatic carbocycles. The molecule has 22 heavy (non-hydrogen) atoms. The van der Waals surface area contributed by atoms with Gasteiger partial charge in [0.1, 0.15) is 5.75 Å². The average Bonchev–Trinajstić information content (AvgIpc) is 2.47. The molecule has 120 valence electrons. The van der Waals surface area contributed by atoms with E-state index in [0.717, 1.165) is 42.6 Å². The highest BCUT2D eigenvalue weighted by atomic mass is 16.5. The molecule has 1 aromatic carbocycles. The maximum Gasteiger partial charge on any atom is 0.251 e. The molecule has 1 fully saturated rings. The molecule has 0 radical (unpaired) electrons. The third-order valence-corrected chi connectivity index (χ3v) is 4.37. The number of carbonyl (C=O) groups is 2. The number of ether oxygens (including phenoxy) is 1. The van der Waals surface area contributed by atoms with Gasteiger partial charge in [0.2, 0.25) is 5.91 Å². The van der Waals surface area contributed by atoms with Crippen LogP contribution in [0.5, 0.6) is 5.75 Å². The first-order valence-corrected chi connectivity index (χ1v) is 7.69. The van der Waals surface area contributed by atoms with E-state index in [2.05, 4.69) is 5.32 Å². The Hall–Kier alpha value is -2.04. The molecular formula is C17H24N2O3. The van der Waals surface area contributed by atoms with Crippen LogP contribution in [0.4, 0.5) is 0 Å². The quantitative estimate of drug-likeness (QED) is 0.893. The van der Waals surface area contributed by atoms with Crippen LogP contribution in [-0.4, -0.2) is 25.0 Å². The monoisotopic (exact) mass is 304 g/mol. The molecule has 1 aromatic rings. The zero-order valence-corrected chi connectivity index (χ0v) is 13.4. The van der Waals surface area contributed by atoms with E-state index in [-0.39, 0.29) is 23.8 Å². The summed E-state index contributed by atoms with van der Waals surface area (Å²) >= 11 is 0. The maximum atomic E-state index is 12.5. The number of nitrogens with one attached hydrogen (secondary N) is 1. The van der Waals surface area contributed by atoms with Crippen LogP contribution in [0.2, 0.25) is 0 Å². The summed E-state index contributed by atoms with van der Waals surface area (Å²) in [6, 6.07) is 3.45. The molecule has 0 aliphatic heterocycles. The molecule has 3 N–H and O–H groups in total. The molecule has 0 aromatic heterocycles. The highest BCUT2D eigenvalue weighted by molar-refractivity contribution is 5.95. The number of benzene rings is 1. The van der Waals surface area contributed by atoms with Crippen LogP contribution >= 0.6 is 0 Å². The van der Waals surface area contributed by atoms with Crippen molar-refractivity contribution in [2.24, 2.45) is 11.7 Å². The van der Waals surface area contributed by atoms with Crippen molar-refractivity contribution in [3.63, 3.8) is 0 Å². The summed E-state index contributed by atoms with van der Waals surface area (Å²) < 4.78 is 5.32. The first kappa shape index (κ1) is 16.3. The van der Waals surface area contributed by atoms with Crippen molar-refractivity contribution in [2.45, 2.75) is 45.6 Å². The summed E-state index contributed by atoms with van der Waals surface area (Å²) in [6.45, 7) is 3.82. The summed E-state index contributed by atoms with van der Waals surface area (Å²) in [5.74, 6) is 0.0430. The lowest BCUT2D eigenvalue weighted by atomic mass is 9.84. The molecule has 1 aliphatic rings. The lowest BCUT2D eigenvalue weighted by Gasteiger charge is -2.30. The average molecular weight is 304 g/mol. The molecule has 2 rings (SSSR count). The van der Waals surface area contributed by atoms with E-state index in [1.54, 1.807) is 7.11 Å². The number of hydrogen-bond acceptors (Lipinski definition) is 3. The smallest absolute Gasteiger partial charge is 0.251 e. The Labute approximate surface area is 131 Å². The van der Waals surface area contributed by atoms with Crippen molar-refractivity contribution in [3.8, 4) is 5.75 Å². The molecule has 5 heteroatoms. The van der Waals surface area contributed by atoms with Crippen molar-refractivity contribution < 1.29 is 14.3 Å². The minimum Gasteiger partial charge on any atom is -0.496 e. The predicted octanol–water partition coefficient (Wildman–Crippen LogP) is 2.09. The van der Waals surface area contributed by atoms with Crippen molar-refractivity contribution in [1.29, 1.82) is 0 Å². The number of primary amides is 1. The number of rotatable bonds is 4. The summed E-state index contributed by atoms with van der Waals surface area (Å²) in [6.07, 6.45) is 3.55. The van der Waals surface area contributed by atoms with Gasteiger partial charge in [0, 0.05) is 11.6 Å². The minimum absolute atomic E-state index is 0.160. The van der Waals surface area contributed by atoms with E-state index in [0.29, 0.717) is 5.56 Å². The number of methoxy groups -OCH3 is 1. The zero-order chi connectivity index (χ0) is 16.3. The molecule has 5 nitrogen and oxygen atoms in total. The Bertz CT molecular complexity index is 560. The Morgan fingerprint density at radius 2 is 1.77 bits per heavy atom. The largest absolute Gasteiger partial charge is 0.496 e. The first-order valence-electron chi connectivity index (χ1n) is 7.69. The second-order valence-corrected chi connectivity index (χ2v) is 6.02. The normalized spacial score (nSPS) is 21.2. The molecule has 1 saturated carbocycles. The predicted molar refractivity (Wildman–Crippen MR) is 84.9 cm³/mol. The molecular weight excluding hydrogens is 280 g/mol. The number of nitrogens with two attached hydrogens (primary N) is 1. The third kappa shape index (κ3) is 3.40. The van der Waals surface area contributed by atoms with Crippen LogP contribution in [0.3, 0.4) is 0 Å². The zero-order valence-electron chi connectivity index (χ0n) is 13.4. The summed E-state index contributed by atoms with van der Waals surface area (Å²) in [5.41, 5.74) is 7.88. The van der Waals surface area contributed by atoms with Crippen LogP contribution in [-0.2, 0) is 4.79 Å². The van der Waals surface area contributed by atoms with Gasteiger partial charge >= 0.3 is 0 Å². The molecule has 0 heterocycles. The van der Waals surface area contributed by atoms with Gasteiger partial charge in [0.25, 0.3) is 5.91 Å². The molecule has 0 bridgehead atoms. The molecule has 0 spiro atoms. The highest BCUT2D eigenvalue weighted by Gasteiger charge is 2.30. The van der Waals surface area contributed by atoms with Gasteiger partial charge in [-0.15, -0.1) is 0 Å². The standard InChI is InChI=1S/C17H24N2O3/c1-10-8-12(9-11(2)15(10)22-3)17(21)19-14-7-5-4-6-13(14)16(18)20/h8-9,13-14H,4-7H2,1-3H3,(H2,18,20)(H,19,21). The lowest BCUT2D eigenvalue weighted by Crippen LogP contribution is -2.47. The van der Waals surface area contributed by atoms with Gasteiger partial charge in [0.15, 0.2) is 0 Å². The van der Waals surface area contributed by atoms with Gasteiger partial charge < -0.3 is 15.8 Å². The Morgan fingerprint density at radius 1 is 1.18 bits per heavy atom. The van der Waals surface area contributed by atoms with Gasteiger partial charge in [-0.25, -0.2) is 0 Å². The third-order valence-electron chi connectivity index (χ3n) is 4.37. The van der Waals surface area contributed by atoms with Crippen molar-refractivity contribution >= 4 is 11.8 Å². The summed E-state index contributed by atoms with van der Waals surface area (Å²) in [5, 5.41) is 2.98. The maximum absolute atomic E-state index is 12.5. The van der Waals surface area contributed by atoms with Crippen LogP contribution in [0.25, 0.3) is 0 Å². The minimum atomic E-state index is -0.327. The Morgan fingerprint density at radius 3 is 2.32 bits per heavy atom. The number of carbonyl (C=O) groups excluding carboxylic acids is 2. The van der Waals surface area contributed by atoms with Gasteiger partial charge in [-0.05, 0) is 49.9 Å². The Balaban J connectivity index is 2.16. The van der Waals surface area contributed by atoms with E-state index in [1.807, 2.05) is 26.0 Å². The SMILES string of the molecule is COc1c(C)cc(C(=O)NC2CCCCC2C(N)=O)cc1C. The molecule has 0 saturated heterocycles. The van der Waals surface area contributed by atoms with E-state index in [1.165, 1.54) is 0 Å². The highest BCUT2D eigenvalue weighted by Crippen LogP contribution is 2.26. The van der Waals surface area contributed by atoms with Crippen LogP contribution in [0, 0.1) is 19.8 Å². The number of hydrogen-bond donors (Lipinski definition) is 2. The number of aryl methyl sites for hydroxylation is 2. The van der Waals surface area contributed by atoms with Crippen LogP contribution < -0.4 is 15.8 Å². The Kier molecular flexibility index (Phi) is 5.06. The van der Waals surface area contributed by atoms with Gasteiger partial charge in [-0.1, -0.05) is 12.8 Å². The van der Waals surface area contributed by atoms with Crippen LogP contribution in [0.1, 0.15) is 47.2 Å². The summed E-state index contributed by atoms with van der Waals surface area (Å²) in [7, 11) is 1.62. The molecule has 2 atom stereocenters. The van der Waals surface area contributed by atoms with Crippen molar-refractivity contribution in [1.82, 2.24) is 5.32 Å². The van der Waals surface area contributed by atoms with Crippen LogP contribution in [0.15, 0.2) is 12.1 Å². The fourth-order valence-electron chi connectivity index (χ4n) is 3.30. The van der Waals surface area contributed by atoms with Gasteiger partial charge in [0.05, 0.1) is 13.0 Å². The van der Waals surface area contributed by atoms with E-state index in [4.69, 9.17) is 10.5 Å². The fourth-order valence-corrected chi connectivity index (χ4v) is 3.30. The topological polar surface area (TPSA) is 81.4 Å². The van der Waals surface area contributed by atoms with Gasteiger partial charge in [-0.3, -0.25) is 9.59 Å². The summed E-state index contributed by atoms with van der Waals surface area (Å²) in [4.78, 5) is 24.0. The first-order chi connectivity index (χ1) is 10.4. The van der Waals surface area contributed by atoms with Crippen molar-refractivity contribution in [2.75, 3.05) is 7.11 Å². The second kappa shape index (κ2) is 6.81. The molecule has 2 amide bonds. The van der Waals surface area contributed by atoms with E-state index in [9.17, 15) is 9.59 Å². The fraction of sp³-hybridized carbons (Fsp3) is 0.529. The van der Waals surface area contributed by atoms with E-state index < -0.39 is 0 Å².